The van der Waals surface area contributed by atoms with Gasteiger partial charge in [0.05, 0.1) is 18.5 Å². The van der Waals surface area contributed by atoms with Gasteiger partial charge in [0.15, 0.2) is 5.82 Å². The van der Waals surface area contributed by atoms with Crippen LogP contribution >= 0.6 is 7.82 Å². The first-order chi connectivity index (χ1) is 11.9. The molecule has 2 heterocycles. The zero-order valence-corrected chi connectivity index (χ0v) is 15.4. The lowest BCUT2D eigenvalue weighted by molar-refractivity contribution is -0.142. The van der Waals surface area contributed by atoms with E-state index in [9.17, 15) is 9.46 Å². The molecule has 0 saturated carbocycles. The summed E-state index contributed by atoms with van der Waals surface area (Å²) in [5.74, 6) is 0.721. The van der Waals surface area contributed by atoms with Crippen LogP contribution in [0.3, 0.4) is 0 Å². The molecule has 0 radical (unpaired) electrons. The van der Waals surface area contributed by atoms with E-state index in [4.69, 9.17) is 15.0 Å². The first-order valence-corrected chi connectivity index (χ1v) is 9.34. The number of hydrogen-bond acceptors (Lipinski definition) is 7. The van der Waals surface area contributed by atoms with E-state index >= 15 is 0 Å². The first kappa shape index (κ1) is 19.7. The van der Waals surface area contributed by atoms with Crippen molar-refractivity contribution in [3.8, 4) is 0 Å². The number of phosphoric ester groups is 1. The van der Waals surface area contributed by atoms with E-state index in [0.717, 1.165) is 7.11 Å². The van der Waals surface area contributed by atoms with E-state index in [1.165, 1.54) is 0 Å². The van der Waals surface area contributed by atoms with Crippen molar-refractivity contribution in [3.63, 3.8) is 0 Å². The third-order valence-electron chi connectivity index (χ3n) is 4.06. The molecule has 1 fully saturated rings. The quantitative estimate of drug-likeness (QED) is 0.422. The highest BCUT2D eigenvalue weighted by Gasteiger charge is 2.37. The van der Waals surface area contributed by atoms with Gasteiger partial charge in [-0.2, -0.15) is 0 Å². The van der Waals surface area contributed by atoms with Gasteiger partial charge in [0.2, 0.25) is 0 Å². The topological polar surface area (TPSA) is 134 Å². The zero-order chi connectivity index (χ0) is 18.6. The second-order valence-corrected chi connectivity index (χ2v) is 7.01. The maximum atomic E-state index is 11.7. The normalized spacial score (nSPS) is 27.0. The van der Waals surface area contributed by atoms with Crippen molar-refractivity contribution in [3.05, 3.63) is 12.0 Å². The van der Waals surface area contributed by atoms with Gasteiger partial charge in [0.25, 0.3) is 0 Å². The van der Waals surface area contributed by atoms with Crippen LogP contribution in [0.15, 0.2) is 16.3 Å². The Kier molecular flexibility index (Phi) is 6.47. The fraction of sp³-hybridized carbons (Fsp3) is 0.643. The highest BCUT2D eigenvalue weighted by Crippen LogP contribution is 2.47. The van der Waals surface area contributed by atoms with Crippen molar-refractivity contribution in [1.82, 2.24) is 9.55 Å². The molecule has 3 N–H and O–H groups in total. The number of rotatable bonds is 7. The van der Waals surface area contributed by atoms with E-state index in [-0.39, 0.29) is 18.2 Å². The monoisotopic (exact) mass is 373 g/mol. The molecule has 1 aliphatic rings. The number of imidazole rings is 1. The van der Waals surface area contributed by atoms with Gasteiger partial charge in [-0.25, -0.2) is 14.5 Å². The number of aromatic nitrogens is 2. The molecule has 2 rings (SSSR count). The Labute approximate surface area is 146 Å². The van der Waals surface area contributed by atoms with Gasteiger partial charge in [-0.15, -0.1) is 0 Å². The van der Waals surface area contributed by atoms with Crippen LogP contribution < -0.4 is 5.73 Å². The molecule has 4 atom stereocenters. The third-order valence-corrected chi connectivity index (χ3v) is 5.06. The Hall–Kier alpha value is -1.58. The molecule has 0 aromatic carbocycles. The van der Waals surface area contributed by atoms with Crippen molar-refractivity contribution < 1.29 is 23.2 Å². The SMILES string of the molecule is C=Nc1c(C(N)=NC)ncn1[C@H]1CCC(OP(=O)(O)OC)[C@@H](CC)O1. The van der Waals surface area contributed by atoms with Crippen molar-refractivity contribution in [2.45, 2.75) is 44.6 Å². The highest BCUT2D eigenvalue weighted by atomic mass is 31.2. The molecule has 1 aromatic rings. The van der Waals surface area contributed by atoms with Gasteiger partial charge in [-0.05, 0) is 26.0 Å². The number of hydrogen-bond donors (Lipinski definition) is 2. The smallest absolute Gasteiger partial charge is 0.382 e. The summed E-state index contributed by atoms with van der Waals surface area (Å²) in [4.78, 5) is 21.7. The number of ether oxygens (including phenoxy) is 1. The maximum absolute atomic E-state index is 11.7. The number of phosphoric acid groups is 1. The molecule has 0 bridgehead atoms. The second kappa shape index (κ2) is 8.20. The Balaban J connectivity index is 2.20. The van der Waals surface area contributed by atoms with E-state index < -0.39 is 13.9 Å². The summed E-state index contributed by atoms with van der Waals surface area (Å²) in [6, 6.07) is 0. The molecule has 11 heteroatoms. The average molecular weight is 373 g/mol. The van der Waals surface area contributed by atoms with Crippen molar-refractivity contribution in [1.29, 1.82) is 0 Å². The van der Waals surface area contributed by atoms with Crippen molar-refractivity contribution in [2.75, 3.05) is 14.2 Å². The Morgan fingerprint density at radius 3 is 2.92 bits per heavy atom. The van der Waals surface area contributed by atoms with Crippen molar-refractivity contribution in [2.24, 2.45) is 15.7 Å². The van der Waals surface area contributed by atoms with Gasteiger partial charge in [0.1, 0.15) is 17.8 Å². The number of nitrogens with two attached hydrogens (primary N) is 1. The summed E-state index contributed by atoms with van der Waals surface area (Å²) in [6.45, 7) is 5.47. The van der Waals surface area contributed by atoms with Crippen LogP contribution in [0.2, 0.25) is 0 Å². The van der Waals surface area contributed by atoms with E-state index in [1.54, 1.807) is 17.9 Å². The summed E-state index contributed by atoms with van der Waals surface area (Å²) in [5.41, 5.74) is 6.26. The van der Waals surface area contributed by atoms with Crippen LogP contribution in [0.25, 0.3) is 0 Å². The molecule has 1 aliphatic heterocycles. The zero-order valence-electron chi connectivity index (χ0n) is 14.5. The second-order valence-electron chi connectivity index (χ2n) is 5.50. The molecule has 25 heavy (non-hydrogen) atoms. The first-order valence-electron chi connectivity index (χ1n) is 7.85. The maximum Gasteiger partial charge on any atom is 0.472 e. The molecule has 1 saturated heterocycles. The molecule has 2 unspecified atom stereocenters. The molecule has 10 nitrogen and oxygen atoms in total. The molecule has 0 amide bonds. The minimum Gasteiger partial charge on any atom is -0.382 e. The summed E-state index contributed by atoms with van der Waals surface area (Å²) in [5, 5.41) is 0. The Bertz CT molecular complexity index is 691. The summed E-state index contributed by atoms with van der Waals surface area (Å²) in [7, 11) is -1.38. The van der Waals surface area contributed by atoms with Crippen LogP contribution in [-0.4, -0.2) is 53.4 Å². The van der Waals surface area contributed by atoms with E-state index in [0.29, 0.717) is 30.8 Å². The summed E-state index contributed by atoms with van der Waals surface area (Å²) in [6.07, 6.45) is 1.93. The minimum atomic E-state index is -4.07. The van der Waals surface area contributed by atoms with Crippen LogP contribution in [0.1, 0.15) is 38.1 Å². The summed E-state index contributed by atoms with van der Waals surface area (Å²) < 4.78 is 29.1. The van der Waals surface area contributed by atoms with Crippen LogP contribution in [-0.2, 0) is 18.3 Å². The fourth-order valence-corrected chi connectivity index (χ4v) is 3.43. The van der Waals surface area contributed by atoms with Crippen LogP contribution in [0.5, 0.6) is 0 Å². The van der Waals surface area contributed by atoms with Gasteiger partial charge in [-0.1, -0.05) is 6.92 Å². The fourth-order valence-electron chi connectivity index (χ4n) is 2.76. The van der Waals surface area contributed by atoms with Gasteiger partial charge >= 0.3 is 7.82 Å². The predicted molar refractivity (Wildman–Crippen MR) is 93.2 cm³/mol. The number of aliphatic imine (C=N–C) groups is 2. The number of nitrogens with zero attached hydrogens (tertiary/aromatic N) is 4. The van der Waals surface area contributed by atoms with Gasteiger partial charge in [-0.3, -0.25) is 18.6 Å². The molecule has 140 valence electrons. The number of amidine groups is 1. The minimum absolute atomic E-state index is 0.256. The molecule has 1 aromatic heterocycles. The molecular formula is C14H24N5O5P. The lowest BCUT2D eigenvalue weighted by Crippen LogP contribution is -2.38. The standard InChI is InChI=1S/C14H24N5O5P/c1-5-9-10(24-25(20,21)22-4)6-7-11(23-9)19-8-18-12(13(15)16-2)14(19)17-3/h8-11H,3,5-7H2,1-2,4H3,(H2,15,16)(H,20,21)/t9-,10?,11-/m1/s1. The molecule has 0 spiro atoms. The highest BCUT2D eigenvalue weighted by molar-refractivity contribution is 7.47. The van der Waals surface area contributed by atoms with E-state index in [2.05, 4.69) is 26.2 Å². The molecular weight excluding hydrogens is 349 g/mol. The van der Waals surface area contributed by atoms with Gasteiger partial charge in [0, 0.05) is 14.2 Å². The largest absolute Gasteiger partial charge is 0.472 e. The van der Waals surface area contributed by atoms with Crippen molar-refractivity contribution >= 4 is 26.2 Å². The summed E-state index contributed by atoms with van der Waals surface area (Å²) >= 11 is 0. The Morgan fingerprint density at radius 2 is 2.36 bits per heavy atom. The van der Waals surface area contributed by atoms with E-state index in [1.807, 2.05) is 6.92 Å². The molecule has 0 aliphatic carbocycles. The van der Waals surface area contributed by atoms with Crippen LogP contribution in [0.4, 0.5) is 5.82 Å². The predicted octanol–water partition coefficient (Wildman–Crippen LogP) is 1.77. The average Bonchev–Trinajstić information content (AvgIpc) is 3.05. The Morgan fingerprint density at radius 1 is 1.64 bits per heavy atom. The lowest BCUT2D eigenvalue weighted by Gasteiger charge is -2.36. The lowest BCUT2D eigenvalue weighted by atomic mass is 10.0. The third kappa shape index (κ3) is 4.34. The van der Waals surface area contributed by atoms with Gasteiger partial charge < -0.3 is 15.4 Å². The van der Waals surface area contributed by atoms with Crippen LogP contribution in [0, 0.1) is 0 Å².